The van der Waals surface area contributed by atoms with Gasteiger partial charge in [-0.1, -0.05) is 36.4 Å². The minimum Gasteiger partial charge on any atom is -0.391 e. The first-order valence-corrected chi connectivity index (χ1v) is 8.69. The van der Waals surface area contributed by atoms with E-state index in [4.69, 9.17) is 0 Å². The topological polar surface area (TPSA) is 36.4 Å². The molecule has 0 spiro atoms. The van der Waals surface area contributed by atoms with E-state index in [1.165, 1.54) is 11.1 Å². The number of piperidine rings is 3. The summed E-state index contributed by atoms with van der Waals surface area (Å²) in [5.74, 6) is 0.768. The molecule has 0 amide bonds. The van der Waals surface area contributed by atoms with Crippen LogP contribution in [0.2, 0.25) is 0 Å². The number of aliphatic hydroxyl groups is 1. The molecule has 3 nitrogen and oxygen atoms in total. The van der Waals surface area contributed by atoms with Crippen molar-refractivity contribution in [3.05, 3.63) is 66.0 Å². The van der Waals surface area contributed by atoms with Crippen LogP contribution in [0.1, 0.15) is 29.9 Å². The summed E-state index contributed by atoms with van der Waals surface area (Å²) in [6, 6.07) is 15.0. The number of benzene rings is 1. The first-order chi connectivity index (χ1) is 11.3. The third-order valence-electron chi connectivity index (χ3n) is 5.65. The lowest BCUT2D eigenvalue weighted by Gasteiger charge is -2.51. The first kappa shape index (κ1) is 14.9. The molecule has 3 heteroatoms. The molecule has 3 aliphatic heterocycles. The second-order valence-corrected chi connectivity index (χ2v) is 6.94. The fourth-order valence-corrected chi connectivity index (χ4v) is 4.45. The van der Waals surface area contributed by atoms with Crippen LogP contribution in [0.4, 0.5) is 0 Å². The SMILES string of the molecule is OC1C2CCN(CC2)C1C(Cc1ccccc1)c1cccnc1. The van der Waals surface area contributed by atoms with Crippen LogP contribution >= 0.6 is 0 Å². The Morgan fingerprint density at radius 2 is 1.87 bits per heavy atom. The van der Waals surface area contributed by atoms with Gasteiger partial charge in [-0.3, -0.25) is 9.88 Å². The molecule has 4 heterocycles. The van der Waals surface area contributed by atoms with Gasteiger partial charge in [0.2, 0.25) is 0 Å². The van der Waals surface area contributed by atoms with Crippen molar-refractivity contribution in [1.29, 1.82) is 0 Å². The molecule has 3 atom stereocenters. The lowest BCUT2D eigenvalue weighted by atomic mass is 9.72. The van der Waals surface area contributed by atoms with Crippen molar-refractivity contribution in [2.45, 2.75) is 37.3 Å². The molecule has 3 fully saturated rings. The lowest BCUT2D eigenvalue weighted by molar-refractivity contribution is -0.0817. The van der Waals surface area contributed by atoms with E-state index in [0.717, 1.165) is 32.4 Å². The van der Waals surface area contributed by atoms with E-state index in [2.05, 4.69) is 46.3 Å². The van der Waals surface area contributed by atoms with Gasteiger partial charge in [-0.15, -0.1) is 0 Å². The van der Waals surface area contributed by atoms with Crippen molar-refractivity contribution >= 4 is 0 Å². The van der Waals surface area contributed by atoms with Crippen LogP contribution in [0.25, 0.3) is 0 Å². The lowest BCUT2D eigenvalue weighted by Crippen LogP contribution is -2.60. The normalized spacial score (nSPS) is 31.0. The number of aromatic nitrogens is 1. The maximum Gasteiger partial charge on any atom is 0.0730 e. The maximum absolute atomic E-state index is 10.9. The Hall–Kier alpha value is -1.71. The highest BCUT2D eigenvalue weighted by Gasteiger charge is 2.45. The zero-order chi connectivity index (χ0) is 15.6. The van der Waals surface area contributed by atoms with Crippen LogP contribution in [0, 0.1) is 5.92 Å². The number of rotatable bonds is 4. The van der Waals surface area contributed by atoms with Crippen molar-refractivity contribution in [1.82, 2.24) is 9.88 Å². The quantitative estimate of drug-likeness (QED) is 0.943. The molecule has 0 saturated carbocycles. The molecule has 1 aromatic heterocycles. The van der Waals surface area contributed by atoms with Gasteiger partial charge >= 0.3 is 0 Å². The number of pyridine rings is 1. The number of nitrogens with zero attached hydrogens (tertiary/aromatic N) is 2. The van der Waals surface area contributed by atoms with Crippen LogP contribution in [-0.4, -0.2) is 40.2 Å². The fourth-order valence-electron chi connectivity index (χ4n) is 4.45. The third kappa shape index (κ3) is 2.91. The summed E-state index contributed by atoms with van der Waals surface area (Å²) in [5, 5.41) is 10.9. The fraction of sp³-hybridized carbons (Fsp3) is 0.450. The maximum atomic E-state index is 10.9. The summed E-state index contributed by atoms with van der Waals surface area (Å²) < 4.78 is 0. The van der Waals surface area contributed by atoms with E-state index in [1.54, 1.807) is 0 Å². The van der Waals surface area contributed by atoms with Gasteiger partial charge in [0, 0.05) is 24.4 Å². The molecule has 120 valence electrons. The zero-order valence-electron chi connectivity index (χ0n) is 13.4. The molecule has 1 N–H and O–H groups in total. The van der Waals surface area contributed by atoms with Gasteiger partial charge in [0.25, 0.3) is 0 Å². The minimum atomic E-state index is -0.216. The average Bonchev–Trinajstić information content (AvgIpc) is 2.63. The van der Waals surface area contributed by atoms with E-state index in [9.17, 15) is 5.11 Å². The van der Waals surface area contributed by atoms with E-state index >= 15 is 0 Å². The Kier molecular flexibility index (Phi) is 4.15. The summed E-state index contributed by atoms with van der Waals surface area (Å²) in [6.07, 6.45) is 6.82. The summed E-state index contributed by atoms with van der Waals surface area (Å²) in [5.41, 5.74) is 2.57. The monoisotopic (exact) mass is 308 g/mol. The van der Waals surface area contributed by atoms with Crippen LogP contribution in [-0.2, 0) is 6.42 Å². The van der Waals surface area contributed by atoms with E-state index in [1.807, 2.05) is 18.5 Å². The molecular weight excluding hydrogens is 284 g/mol. The molecule has 0 radical (unpaired) electrons. The molecule has 3 aliphatic rings. The average molecular weight is 308 g/mol. The smallest absolute Gasteiger partial charge is 0.0730 e. The van der Waals surface area contributed by atoms with Gasteiger partial charge < -0.3 is 5.11 Å². The summed E-state index contributed by atoms with van der Waals surface area (Å²) in [7, 11) is 0. The predicted octanol–water partition coefficient (Wildman–Crippen LogP) is 2.86. The Morgan fingerprint density at radius 3 is 2.52 bits per heavy atom. The van der Waals surface area contributed by atoms with Crippen LogP contribution in [0.3, 0.4) is 0 Å². The van der Waals surface area contributed by atoms with Crippen molar-refractivity contribution in [3.63, 3.8) is 0 Å². The highest BCUT2D eigenvalue weighted by molar-refractivity contribution is 5.25. The number of hydrogen-bond donors (Lipinski definition) is 1. The Morgan fingerprint density at radius 1 is 1.09 bits per heavy atom. The zero-order valence-corrected chi connectivity index (χ0v) is 13.4. The molecule has 5 rings (SSSR count). The first-order valence-electron chi connectivity index (χ1n) is 8.69. The third-order valence-corrected chi connectivity index (χ3v) is 5.65. The Bertz CT molecular complexity index is 621. The molecule has 0 aliphatic carbocycles. The van der Waals surface area contributed by atoms with Crippen LogP contribution in [0.5, 0.6) is 0 Å². The number of hydrogen-bond acceptors (Lipinski definition) is 3. The molecule has 2 bridgehead atoms. The van der Waals surface area contributed by atoms with Gasteiger partial charge in [0.1, 0.15) is 0 Å². The van der Waals surface area contributed by atoms with Crippen molar-refractivity contribution in [2.24, 2.45) is 5.92 Å². The largest absolute Gasteiger partial charge is 0.391 e. The van der Waals surface area contributed by atoms with Gasteiger partial charge in [0.05, 0.1) is 6.10 Å². The van der Waals surface area contributed by atoms with Gasteiger partial charge in [-0.2, -0.15) is 0 Å². The summed E-state index contributed by atoms with van der Waals surface area (Å²) in [6.45, 7) is 2.25. The van der Waals surface area contributed by atoms with Crippen LogP contribution in [0.15, 0.2) is 54.9 Å². The van der Waals surface area contributed by atoms with E-state index < -0.39 is 0 Å². The Labute approximate surface area is 138 Å². The second kappa shape index (κ2) is 6.42. The van der Waals surface area contributed by atoms with Gasteiger partial charge in [-0.25, -0.2) is 0 Å². The minimum absolute atomic E-state index is 0.215. The molecule has 1 aromatic carbocycles. The molecular formula is C20H24N2O. The van der Waals surface area contributed by atoms with E-state index in [0.29, 0.717) is 11.8 Å². The Balaban J connectivity index is 1.68. The highest BCUT2D eigenvalue weighted by Crippen LogP contribution is 2.40. The molecule has 2 aromatic rings. The van der Waals surface area contributed by atoms with Crippen molar-refractivity contribution < 1.29 is 5.11 Å². The number of aliphatic hydroxyl groups excluding tert-OH is 1. The highest BCUT2D eigenvalue weighted by atomic mass is 16.3. The second-order valence-electron chi connectivity index (χ2n) is 6.94. The molecule has 23 heavy (non-hydrogen) atoms. The summed E-state index contributed by atoms with van der Waals surface area (Å²) in [4.78, 5) is 6.83. The van der Waals surface area contributed by atoms with Gasteiger partial charge in [-0.05, 0) is 55.5 Å². The van der Waals surface area contributed by atoms with Crippen molar-refractivity contribution in [3.8, 4) is 0 Å². The van der Waals surface area contributed by atoms with Crippen molar-refractivity contribution in [2.75, 3.05) is 13.1 Å². The molecule has 3 unspecified atom stereocenters. The van der Waals surface area contributed by atoms with Crippen LogP contribution < -0.4 is 0 Å². The number of fused-ring (bicyclic) bond motifs is 3. The summed E-state index contributed by atoms with van der Waals surface area (Å²) >= 11 is 0. The van der Waals surface area contributed by atoms with E-state index in [-0.39, 0.29) is 12.1 Å². The molecule has 3 saturated heterocycles. The van der Waals surface area contributed by atoms with Gasteiger partial charge in [0.15, 0.2) is 0 Å². The predicted molar refractivity (Wildman–Crippen MR) is 91.2 cm³/mol. The standard InChI is InChI=1S/C20H24N2O/c23-20-16-8-11-22(12-9-16)19(20)18(17-7-4-10-21-14-17)13-15-5-2-1-3-6-15/h1-7,10,14,16,18-20,23H,8-9,11-13H2.